The van der Waals surface area contributed by atoms with Crippen LogP contribution in [-0.4, -0.2) is 49.1 Å². The Kier molecular flexibility index (Phi) is 3.32. The number of nitrogens with one attached hydrogen (secondary N) is 1. The van der Waals surface area contributed by atoms with Crippen LogP contribution in [0.2, 0.25) is 0 Å². The molecule has 2 fully saturated rings. The zero-order chi connectivity index (χ0) is 13.4. The first-order chi connectivity index (χ1) is 9.88. The van der Waals surface area contributed by atoms with Gasteiger partial charge in [-0.1, -0.05) is 0 Å². The van der Waals surface area contributed by atoms with E-state index in [1.807, 2.05) is 0 Å². The molecule has 108 valence electrons. The molecule has 1 aromatic rings. The van der Waals surface area contributed by atoms with Crippen LogP contribution in [0.1, 0.15) is 24.1 Å². The summed E-state index contributed by atoms with van der Waals surface area (Å²) in [5.74, 6) is 1.82. The second-order valence-corrected chi connectivity index (χ2v) is 6.27. The van der Waals surface area contributed by atoms with Crippen molar-refractivity contribution in [1.82, 2.24) is 15.5 Å². The van der Waals surface area contributed by atoms with Crippen LogP contribution in [0.3, 0.4) is 0 Å². The molecule has 20 heavy (non-hydrogen) atoms. The maximum Gasteiger partial charge on any atom is 0.151 e. The van der Waals surface area contributed by atoms with Gasteiger partial charge in [-0.25, -0.2) is 0 Å². The molecule has 1 aliphatic carbocycles. The van der Waals surface area contributed by atoms with Gasteiger partial charge in [-0.2, -0.15) is 5.10 Å². The summed E-state index contributed by atoms with van der Waals surface area (Å²) in [5.41, 5.74) is 2.63. The number of fused-ring (bicyclic) bond motifs is 1. The molecule has 1 atom stereocenters. The molecule has 1 N–H and O–H groups in total. The Balaban J connectivity index is 1.28. The second kappa shape index (κ2) is 5.30. The Morgan fingerprint density at radius 1 is 1.30 bits per heavy atom. The normalized spacial score (nSPS) is 25.8. The van der Waals surface area contributed by atoms with Gasteiger partial charge in [0, 0.05) is 38.2 Å². The Morgan fingerprint density at radius 3 is 3.10 bits per heavy atom. The van der Waals surface area contributed by atoms with E-state index in [-0.39, 0.29) is 0 Å². The van der Waals surface area contributed by atoms with E-state index in [2.05, 4.69) is 26.5 Å². The minimum absolute atomic E-state index is 0.573. The summed E-state index contributed by atoms with van der Waals surface area (Å²) in [4.78, 5) is 2.35. The predicted molar refractivity (Wildman–Crippen MR) is 77.0 cm³/mol. The average Bonchev–Trinajstić information content (AvgIpc) is 3.07. The molecule has 0 aromatic carbocycles. The molecule has 2 saturated heterocycles. The fourth-order valence-corrected chi connectivity index (χ4v) is 3.39. The Bertz CT molecular complexity index is 481. The maximum absolute atomic E-state index is 5.38. The number of aromatic nitrogens is 2. The third kappa shape index (κ3) is 2.40. The highest BCUT2D eigenvalue weighted by Crippen LogP contribution is 2.26. The maximum atomic E-state index is 5.38. The molecule has 5 heteroatoms. The SMILES string of the molecule is c1c(N2CC(CNC3CCOC3)C2)nnc2c1CCC2. The third-order valence-corrected chi connectivity index (χ3v) is 4.71. The Morgan fingerprint density at radius 2 is 2.25 bits per heavy atom. The molecule has 5 nitrogen and oxygen atoms in total. The standard InChI is InChI=1S/C15H22N4O/c1-2-12-6-15(18-17-14(12)3-1)19-8-11(9-19)7-16-13-4-5-20-10-13/h6,11,13,16H,1-5,7-10H2. The summed E-state index contributed by atoms with van der Waals surface area (Å²) >= 11 is 0. The van der Waals surface area contributed by atoms with E-state index in [1.54, 1.807) is 0 Å². The van der Waals surface area contributed by atoms with Crippen molar-refractivity contribution in [3.63, 3.8) is 0 Å². The average molecular weight is 274 g/mol. The molecule has 0 spiro atoms. The number of rotatable bonds is 4. The van der Waals surface area contributed by atoms with Crippen LogP contribution in [0.25, 0.3) is 0 Å². The number of nitrogens with zero attached hydrogens (tertiary/aromatic N) is 3. The minimum Gasteiger partial charge on any atom is -0.380 e. The van der Waals surface area contributed by atoms with Crippen molar-refractivity contribution in [3.05, 3.63) is 17.3 Å². The summed E-state index contributed by atoms with van der Waals surface area (Å²) in [6.07, 6.45) is 4.69. The summed E-state index contributed by atoms with van der Waals surface area (Å²) in [6, 6.07) is 2.83. The van der Waals surface area contributed by atoms with E-state index >= 15 is 0 Å². The molecule has 2 aliphatic heterocycles. The fourth-order valence-electron chi connectivity index (χ4n) is 3.39. The van der Waals surface area contributed by atoms with Crippen molar-refractivity contribution in [2.45, 2.75) is 31.7 Å². The predicted octanol–water partition coefficient (Wildman–Crippen LogP) is 0.780. The molecule has 1 unspecified atom stereocenters. The number of ether oxygens (including phenoxy) is 1. The zero-order valence-electron chi connectivity index (χ0n) is 11.8. The molecule has 0 saturated carbocycles. The van der Waals surface area contributed by atoms with Gasteiger partial charge in [0.2, 0.25) is 0 Å². The van der Waals surface area contributed by atoms with E-state index < -0.39 is 0 Å². The van der Waals surface area contributed by atoms with Gasteiger partial charge >= 0.3 is 0 Å². The lowest BCUT2D eigenvalue weighted by Crippen LogP contribution is -2.52. The van der Waals surface area contributed by atoms with Gasteiger partial charge in [0.15, 0.2) is 5.82 Å². The monoisotopic (exact) mass is 274 g/mol. The van der Waals surface area contributed by atoms with Gasteiger partial charge in [-0.15, -0.1) is 5.10 Å². The van der Waals surface area contributed by atoms with Gasteiger partial charge in [0.1, 0.15) is 0 Å². The van der Waals surface area contributed by atoms with Gasteiger partial charge in [0.05, 0.1) is 12.3 Å². The van der Waals surface area contributed by atoms with E-state index in [0.717, 1.165) is 57.4 Å². The van der Waals surface area contributed by atoms with E-state index in [0.29, 0.717) is 6.04 Å². The van der Waals surface area contributed by atoms with E-state index in [4.69, 9.17) is 4.74 Å². The zero-order valence-corrected chi connectivity index (χ0v) is 11.8. The molecule has 0 bridgehead atoms. The largest absolute Gasteiger partial charge is 0.380 e. The van der Waals surface area contributed by atoms with Crippen molar-refractivity contribution < 1.29 is 4.74 Å². The summed E-state index contributed by atoms with van der Waals surface area (Å²) < 4.78 is 5.38. The van der Waals surface area contributed by atoms with Crippen LogP contribution in [0.4, 0.5) is 5.82 Å². The van der Waals surface area contributed by atoms with Gasteiger partial charge in [0.25, 0.3) is 0 Å². The summed E-state index contributed by atoms with van der Waals surface area (Å²) in [6.45, 7) is 5.11. The first-order valence-electron chi connectivity index (χ1n) is 7.80. The third-order valence-electron chi connectivity index (χ3n) is 4.71. The lowest BCUT2D eigenvalue weighted by Gasteiger charge is -2.40. The number of hydrogen-bond donors (Lipinski definition) is 1. The summed E-state index contributed by atoms with van der Waals surface area (Å²) in [7, 11) is 0. The van der Waals surface area contributed by atoms with Crippen LogP contribution in [0.15, 0.2) is 6.07 Å². The quantitative estimate of drug-likeness (QED) is 0.879. The molecule has 3 aliphatic rings. The number of anilines is 1. The molecule has 3 heterocycles. The number of hydrogen-bond acceptors (Lipinski definition) is 5. The van der Waals surface area contributed by atoms with Crippen molar-refractivity contribution in [2.75, 3.05) is 37.7 Å². The highest BCUT2D eigenvalue weighted by Gasteiger charge is 2.29. The van der Waals surface area contributed by atoms with Gasteiger partial charge < -0.3 is 15.0 Å². The molecule has 4 rings (SSSR count). The van der Waals surface area contributed by atoms with Crippen molar-refractivity contribution in [3.8, 4) is 0 Å². The summed E-state index contributed by atoms with van der Waals surface area (Å²) in [5, 5.41) is 12.4. The van der Waals surface area contributed by atoms with E-state index in [1.165, 1.54) is 24.1 Å². The first kappa shape index (κ1) is 12.5. The second-order valence-electron chi connectivity index (χ2n) is 6.27. The van der Waals surface area contributed by atoms with Crippen molar-refractivity contribution >= 4 is 5.82 Å². The molecular weight excluding hydrogens is 252 g/mol. The highest BCUT2D eigenvalue weighted by atomic mass is 16.5. The van der Waals surface area contributed by atoms with Crippen LogP contribution >= 0.6 is 0 Å². The molecular formula is C15H22N4O. The van der Waals surface area contributed by atoms with Crippen LogP contribution in [-0.2, 0) is 17.6 Å². The minimum atomic E-state index is 0.573. The fraction of sp³-hybridized carbons (Fsp3) is 0.733. The molecule has 0 amide bonds. The Hall–Kier alpha value is -1.20. The van der Waals surface area contributed by atoms with Crippen LogP contribution in [0.5, 0.6) is 0 Å². The highest BCUT2D eigenvalue weighted by molar-refractivity contribution is 5.45. The molecule has 0 radical (unpaired) electrons. The van der Waals surface area contributed by atoms with Crippen LogP contribution < -0.4 is 10.2 Å². The van der Waals surface area contributed by atoms with Crippen molar-refractivity contribution in [1.29, 1.82) is 0 Å². The van der Waals surface area contributed by atoms with Gasteiger partial charge in [-0.3, -0.25) is 0 Å². The van der Waals surface area contributed by atoms with E-state index in [9.17, 15) is 0 Å². The number of aryl methyl sites for hydroxylation is 2. The lowest BCUT2D eigenvalue weighted by molar-refractivity contribution is 0.188. The van der Waals surface area contributed by atoms with Crippen molar-refractivity contribution in [2.24, 2.45) is 5.92 Å². The van der Waals surface area contributed by atoms with Gasteiger partial charge in [-0.05, 0) is 37.3 Å². The first-order valence-corrected chi connectivity index (χ1v) is 7.80. The topological polar surface area (TPSA) is 50.3 Å². The van der Waals surface area contributed by atoms with Crippen LogP contribution in [0, 0.1) is 5.92 Å². The lowest BCUT2D eigenvalue weighted by atomic mass is 9.99. The Labute approximate surface area is 119 Å². The smallest absolute Gasteiger partial charge is 0.151 e. The molecule has 1 aromatic heterocycles.